The summed E-state index contributed by atoms with van der Waals surface area (Å²) in [6.07, 6.45) is -7.94. The summed E-state index contributed by atoms with van der Waals surface area (Å²) in [4.78, 5) is 0. The first-order valence-corrected chi connectivity index (χ1v) is 5.22. The fourth-order valence-electron chi connectivity index (χ4n) is 1.46. The molecule has 0 aliphatic carbocycles. The zero-order valence-electron chi connectivity index (χ0n) is 9.09. The highest BCUT2D eigenvalue weighted by atomic mass is 16.7. The van der Waals surface area contributed by atoms with Gasteiger partial charge in [0, 0.05) is 0 Å². The molecule has 1 heterocycles. The van der Waals surface area contributed by atoms with Crippen molar-refractivity contribution < 1.29 is 40.1 Å². The summed E-state index contributed by atoms with van der Waals surface area (Å²) < 4.78 is 9.93. The second-order valence-corrected chi connectivity index (χ2v) is 3.87. The van der Waals surface area contributed by atoms with Crippen LogP contribution >= 0.6 is 0 Å². The molecule has 0 aromatic heterocycles. The fraction of sp³-hybridized carbons (Fsp3) is 1.00. The molecule has 6 atom stereocenters. The van der Waals surface area contributed by atoms with Gasteiger partial charge < -0.3 is 40.1 Å². The van der Waals surface area contributed by atoms with Crippen LogP contribution in [-0.2, 0) is 9.47 Å². The van der Waals surface area contributed by atoms with Crippen LogP contribution in [0.3, 0.4) is 0 Å². The van der Waals surface area contributed by atoms with Gasteiger partial charge in [0.25, 0.3) is 0 Å². The van der Waals surface area contributed by atoms with Gasteiger partial charge in [0.15, 0.2) is 6.29 Å². The van der Waals surface area contributed by atoms with Gasteiger partial charge in [-0.1, -0.05) is 0 Å². The van der Waals surface area contributed by atoms with E-state index >= 15 is 0 Å². The van der Waals surface area contributed by atoms with Gasteiger partial charge in [-0.15, -0.1) is 0 Å². The first-order chi connectivity index (χ1) is 8.01. The minimum absolute atomic E-state index is 0.306. The molecule has 8 heteroatoms. The lowest BCUT2D eigenvalue weighted by Gasteiger charge is -2.39. The Morgan fingerprint density at radius 3 is 2.24 bits per heavy atom. The molecule has 0 aromatic rings. The van der Waals surface area contributed by atoms with Crippen LogP contribution in [0, 0.1) is 0 Å². The summed E-state index contributed by atoms with van der Waals surface area (Å²) >= 11 is 0. The summed E-state index contributed by atoms with van der Waals surface area (Å²) in [5.74, 6) is 0. The lowest BCUT2D eigenvalue weighted by molar-refractivity contribution is -0.304. The van der Waals surface area contributed by atoms with Crippen LogP contribution in [0.1, 0.15) is 0 Å². The van der Waals surface area contributed by atoms with Crippen molar-refractivity contribution in [2.45, 2.75) is 36.8 Å². The second-order valence-electron chi connectivity index (χ2n) is 3.87. The highest BCUT2D eigenvalue weighted by molar-refractivity contribution is 4.88. The first-order valence-electron chi connectivity index (χ1n) is 5.22. The van der Waals surface area contributed by atoms with E-state index in [2.05, 4.69) is 0 Å². The van der Waals surface area contributed by atoms with E-state index in [1.807, 2.05) is 0 Å². The molecule has 6 N–H and O–H groups in total. The van der Waals surface area contributed by atoms with E-state index in [1.165, 1.54) is 0 Å². The van der Waals surface area contributed by atoms with E-state index in [1.54, 1.807) is 0 Å². The highest BCUT2D eigenvalue weighted by Crippen LogP contribution is 2.21. The summed E-state index contributed by atoms with van der Waals surface area (Å²) in [6.45, 7) is -1.37. The molecule has 8 nitrogen and oxygen atoms in total. The zero-order valence-corrected chi connectivity index (χ0v) is 9.09. The maximum atomic E-state index is 9.52. The molecule has 1 saturated heterocycles. The zero-order chi connectivity index (χ0) is 13.0. The van der Waals surface area contributed by atoms with E-state index in [0.29, 0.717) is 0 Å². The third kappa shape index (κ3) is 3.57. The Morgan fingerprint density at radius 2 is 1.71 bits per heavy atom. The van der Waals surface area contributed by atoms with Crippen molar-refractivity contribution in [1.29, 1.82) is 0 Å². The highest BCUT2D eigenvalue weighted by Gasteiger charge is 2.44. The molecule has 0 radical (unpaired) electrons. The predicted octanol–water partition coefficient (Wildman–Crippen LogP) is -3.84. The van der Waals surface area contributed by atoms with Gasteiger partial charge in [0.1, 0.15) is 30.5 Å². The molecule has 0 saturated carbocycles. The molecule has 0 unspecified atom stereocenters. The fourth-order valence-corrected chi connectivity index (χ4v) is 1.46. The topological polar surface area (TPSA) is 140 Å². The Balaban J connectivity index is 2.53. The monoisotopic (exact) mass is 254 g/mol. The number of rotatable bonds is 5. The molecule has 0 aromatic carbocycles. The normalized spacial score (nSPS) is 40.2. The van der Waals surface area contributed by atoms with Crippen molar-refractivity contribution in [3.8, 4) is 0 Å². The van der Waals surface area contributed by atoms with Crippen molar-refractivity contribution in [3.05, 3.63) is 0 Å². The van der Waals surface area contributed by atoms with Crippen molar-refractivity contribution >= 4 is 0 Å². The Morgan fingerprint density at radius 1 is 1.06 bits per heavy atom. The third-order valence-corrected chi connectivity index (χ3v) is 2.51. The maximum Gasteiger partial charge on any atom is 0.186 e. The van der Waals surface area contributed by atoms with Gasteiger partial charge in [0.2, 0.25) is 0 Å². The van der Waals surface area contributed by atoms with E-state index in [4.69, 9.17) is 24.8 Å². The van der Waals surface area contributed by atoms with E-state index in [0.717, 1.165) is 0 Å². The molecular weight excluding hydrogens is 236 g/mol. The van der Waals surface area contributed by atoms with Crippen LogP contribution in [0.4, 0.5) is 0 Å². The maximum absolute atomic E-state index is 9.52. The van der Waals surface area contributed by atoms with Crippen LogP contribution in [0.2, 0.25) is 0 Å². The van der Waals surface area contributed by atoms with Crippen molar-refractivity contribution in [3.63, 3.8) is 0 Å². The van der Waals surface area contributed by atoms with Crippen molar-refractivity contribution in [2.75, 3.05) is 19.8 Å². The Bertz CT molecular complexity index is 223. The van der Waals surface area contributed by atoms with Gasteiger partial charge in [-0.3, -0.25) is 0 Å². The predicted molar refractivity (Wildman–Crippen MR) is 52.8 cm³/mol. The van der Waals surface area contributed by atoms with Gasteiger partial charge in [-0.05, 0) is 0 Å². The SMILES string of the molecule is OC[C@@H](O)CO[C@H]1O[C@H](CO)[C@@H](O)[C@H](O)[C@@H]1O. The molecule has 102 valence electrons. The largest absolute Gasteiger partial charge is 0.394 e. The third-order valence-electron chi connectivity index (χ3n) is 2.51. The van der Waals surface area contributed by atoms with Crippen LogP contribution in [0.25, 0.3) is 0 Å². The molecule has 17 heavy (non-hydrogen) atoms. The Hall–Kier alpha value is -0.320. The Labute approximate surface area is 97.6 Å². The second kappa shape index (κ2) is 6.57. The van der Waals surface area contributed by atoms with Crippen LogP contribution in [0.5, 0.6) is 0 Å². The number of aliphatic hydroxyl groups excluding tert-OH is 6. The number of hydrogen-bond donors (Lipinski definition) is 6. The average molecular weight is 254 g/mol. The smallest absolute Gasteiger partial charge is 0.186 e. The molecule has 1 fully saturated rings. The van der Waals surface area contributed by atoms with E-state index in [-0.39, 0.29) is 6.61 Å². The minimum Gasteiger partial charge on any atom is -0.394 e. The molecule has 1 rings (SSSR count). The summed E-state index contributed by atoms with van der Waals surface area (Å²) in [6, 6.07) is 0. The van der Waals surface area contributed by atoms with E-state index < -0.39 is 50.0 Å². The van der Waals surface area contributed by atoms with Crippen LogP contribution in [0.15, 0.2) is 0 Å². The molecule has 0 amide bonds. The number of hydrogen-bond acceptors (Lipinski definition) is 8. The number of aliphatic hydroxyl groups is 6. The quantitative estimate of drug-likeness (QED) is 0.293. The van der Waals surface area contributed by atoms with Crippen molar-refractivity contribution in [1.82, 2.24) is 0 Å². The van der Waals surface area contributed by atoms with Gasteiger partial charge >= 0.3 is 0 Å². The Kier molecular flexibility index (Phi) is 5.70. The van der Waals surface area contributed by atoms with Gasteiger partial charge in [-0.2, -0.15) is 0 Å². The summed E-state index contributed by atoms with van der Waals surface area (Å²) in [7, 11) is 0. The minimum atomic E-state index is -1.52. The standard InChI is InChI=1S/C9H18O8/c10-1-4(12)3-16-9-8(15)7(14)6(13)5(2-11)17-9/h4-15H,1-3H2/t4-,5-,6-,7+,8+,9+/m1/s1. The molecule has 1 aliphatic heterocycles. The lowest BCUT2D eigenvalue weighted by atomic mass is 9.99. The molecule has 0 spiro atoms. The summed E-state index contributed by atoms with van der Waals surface area (Å²) in [5.41, 5.74) is 0. The lowest BCUT2D eigenvalue weighted by Crippen LogP contribution is -2.59. The van der Waals surface area contributed by atoms with Crippen molar-refractivity contribution in [2.24, 2.45) is 0 Å². The first kappa shape index (κ1) is 14.7. The van der Waals surface area contributed by atoms with Crippen LogP contribution < -0.4 is 0 Å². The molecular formula is C9H18O8. The number of ether oxygens (including phenoxy) is 2. The average Bonchev–Trinajstić information content (AvgIpc) is 2.34. The summed E-state index contributed by atoms with van der Waals surface area (Å²) in [5, 5.41) is 54.9. The van der Waals surface area contributed by atoms with Crippen LogP contribution in [-0.4, -0.2) is 87.3 Å². The van der Waals surface area contributed by atoms with Gasteiger partial charge in [-0.25, -0.2) is 0 Å². The van der Waals surface area contributed by atoms with Gasteiger partial charge in [0.05, 0.1) is 19.8 Å². The molecule has 0 bridgehead atoms. The molecule has 1 aliphatic rings. The van der Waals surface area contributed by atoms with E-state index in [9.17, 15) is 15.3 Å².